The van der Waals surface area contributed by atoms with Gasteiger partial charge in [0, 0.05) is 43.3 Å². The van der Waals surface area contributed by atoms with Crippen LogP contribution in [-0.2, 0) is 0 Å². The number of fused-ring (bicyclic) bond motifs is 7. The summed E-state index contributed by atoms with van der Waals surface area (Å²) in [7, 11) is 0. The molecular weight excluding hydrogens is 775 g/mol. The van der Waals surface area contributed by atoms with Crippen LogP contribution in [0.4, 0.5) is 11.4 Å². The molecule has 0 saturated heterocycles. The third kappa shape index (κ3) is 6.38. The van der Waals surface area contributed by atoms with Gasteiger partial charge in [-0.05, 0) is 104 Å². The van der Waals surface area contributed by atoms with E-state index in [1.165, 1.54) is 91.7 Å². The van der Waals surface area contributed by atoms with E-state index in [0.717, 1.165) is 12.8 Å². The van der Waals surface area contributed by atoms with Crippen molar-refractivity contribution >= 4 is 65.4 Å². The Labute approximate surface area is 366 Å². The number of anilines is 2. The van der Waals surface area contributed by atoms with Crippen molar-refractivity contribution < 1.29 is 0 Å². The fourth-order valence-electron chi connectivity index (χ4n) is 10.5. The van der Waals surface area contributed by atoms with Crippen molar-refractivity contribution in [2.75, 3.05) is 4.90 Å². The maximum atomic E-state index is 2.75. The van der Waals surface area contributed by atoms with Gasteiger partial charge in [0.15, 0.2) is 0 Å². The van der Waals surface area contributed by atoms with Crippen molar-refractivity contribution in [1.29, 1.82) is 0 Å². The largest absolute Gasteiger partial charge is 0.337 e. The van der Waals surface area contributed by atoms with E-state index >= 15 is 0 Å². The monoisotopic (exact) mass is 817 g/mol. The van der Waals surface area contributed by atoms with E-state index < -0.39 is 0 Å². The lowest BCUT2D eigenvalue weighted by atomic mass is 9.71. The first kappa shape index (κ1) is 36.5. The first-order chi connectivity index (χ1) is 30.2. The summed E-state index contributed by atoms with van der Waals surface area (Å²) in [6, 6.07) is 79.5. The van der Waals surface area contributed by atoms with Gasteiger partial charge in [-0.15, -0.1) is 23.1 Å². The molecule has 1 nitrogen and oxygen atoms in total. The van der Waals surface area contributed by atoms with Crippen LogP contribution in [0.5, 0.6) is 0 Å². The average Bonchev–Trinajstić information content (AvgIpc) is 3.92. The van der Waals surface area contributed by atoms with Crippen molar-refractivity contribution in [2.45, 2.75) is 40.9 Å². The van der Waals surface area contributed by atoms with E-state index in [0.29, 0.717) is 17.1 Å². The highest BCUT2D eigenvalue weighted by Crippen LogP contribution is 2.59. The molecule has 1 aliphatic carbocycles. The predicted octanol–water partition coefficient (Wildman–Crippen LogP) is 16.6. The molecule has 2 aliphatic rings. The lowest BCUT2D eigenvalue weighted by Gasteiger charge is -2.46. The minimum atomic E-state index is 0.280. The first-order valence-electron chi connectivity index (χ1n) is 21.5. The molecular formula is C58H43NS2. The van der Waals surface area contributed by atoms with E-state index in [1.54, 1.807) is 0 Å². The molecule has 4 atom stereocenters. The van der Waals surface area contributed by atoms with Gasteiger partial charge in [-0.25, -0.2) is 0 Å². The number of thioether (sulfide) groups is 1. The minimum Gasteiger partial charge on any atom is -0.337 e. The Balaban J connectivity index is 0.977. The molecule has 0 spiro atoms. The SMILES string of the molecule is c1ccc(-c2ccc3c(c2)sc2c(N(c4ccc(-c5ccc(-c6cccc7ccccc67)cc5)cc4)C4CCC(c5ccccc5)C5Sc6ccccc6C54)cccc23)cc1. The van der Waals surface area contributed by atoms with Crippen LogP contribution in [0, 0.1) is 0 Å². The topological polar surface area (TPSA) is 3.24 Å². The van der Waals surface area contributed by atoms with Crippen LogP contribution >= 0.6 is 23.1 Å². The zero-order valence-corrected chi connectivity index (χ0v) is 35.3. The summed E-state index contributed by atoms with van der Waals surface area (Å²) >= 11 is 4.06. The number of benzene rings is 9. The Morgan fingerprint density at radius 1 is 0.459 bits per heavy atom. The second-order valence-corrected chi connectivity index (χ2v) is 18.9. The van der Waals surface area contributed by atoms with Crippen molar-refractivity contribution in [3.05, 3.63) is 223 Å². The number of hydrogen-bond acceptors (Lipinski definition) is 3. The van der Waals surface area contributed by atoms with Crippen LogP contribution in [0.15, 0.2) is 217 Å². The van der Waals surface area contributed by atoms with E-state index in [1.807, 2.05) is 11.3 Å². The molecule has 2 heterocycles. The van der Waals surface area contributed by atoms with Crippen LogP contribution in [0.1, 0.15) is 35.8 Å². The fourth-order valence-corrected chi connectivity index (χ4v) is 13.5. The molecule has 1 saturated carbocycles. The van der Waals surface area contributed by atoms with Gasteiger partial charge in [0.2, 0.25) is 0 Å². The lowest BCUT2D eigenvalue weighted by Crippen LogP contribution is -2.44. The highest BCUT2D eigenvalue weighted by atomic mass is 32.2. The van der Waals surface area contributed by atoms with Gasteiger partial charge in [-0.2, -0.15) is 0 Å². The van der Waals surface area contributed by atoms with Crippen LogP contribution < -0.4 is 4.90 Å². The van der Waals surface area contributed by atoms with Gasteiger partial charge in [0.25, 0.3) is 0 Å². The molecule has 9 aromatic carbocycles. The number of thiophene rings is 1. The van der Waals surface area contributed by atoms with E-state index in [4.69, 9.17) is 0 Å². The maximum Gasteiger partial charge on any atom is 0.0595 e. The highest BCUT2D eigenvalue weighted by Gasteiger charge is 2.48. The summed E-state index contributed by atoms with van der Waals surface area (Å²) in [5, 5.41) is 5.68. The molecule has 0 radical (unpaired) electrons. The van der Waals surface area contributed by atoms with Gasteiger partial charge in [0.05, 0.1) is 10.4 Å². The molecule has 292 valence electrons. The number of nitrogens with zero attached hydrogens (tertiary/aromatic N) is 1. The second-order valence-electron chi connectivity index (χ2n) is 16.7. The molecule has 4 unspecified atom stereocenters. The van der Waals surface area contributed by atoms with Crippen molar-refractivity contribution in [3.8, 4) is 33.4 Å². The standard InChI is InChI=1S/C58H43NS2/c1-3-13-38(14-4-1)44-31-34-49-50-22-12-23-53(57(50)61-55(49)37-44)59(52-36-35-48(42-15-5-2-6-16-42)58-56(52)51-20-9-10-24-54(51)60-58)45-32-29-40(30-33-45)39-25-27-43(28-26-39)47-21-11-18-41-17-7-8-19-46(41)47/h1-34,37,48,52,56,58H,35-36H2. The van der Waals surface area contributed by atoms with Gasteiger partial charge in [-0.1, -0.05) is 182 Å². The normalized spacial score (nSPS) is 18.3. The maximum absolute atomic E-state index is 2.75. The lowest BCUT2D eigenvalue weighted by molar-refractivity contribution is 0.359. The van der Waals surface area contributed by atoms with Gasteiger partial charge in [0.1, 0.15) is 0 Å². The Morgan fingerprint density at radius 3 is 1.93 bits per heavy atom. The molecule has 1 aromatic heterocycles. The number of hydrogen-bond donors (Lipinski definition) is 0. The Hall–Kier alpha value is -6.39. The third-order valence-electron chi connectivity index (χ3n) is 13.3. The fraction of sp³-hybridized carbons (Fsp3) is 0.103. The summed E-state index contributed by atoms with van der Waals surface area (Å²) < 4.78 is 2.69. The molecule has 12 rings (SSSR count). The summed E-state index contributed by atoms with van der Waals surface area (Å²) in [6.45, 7) is 0. The number of rotatable bonds is 7. The van der Waals surface area contributed by atoms with E-state index in [9.17, 15) is 0 Å². The van der Waals surface area contributed by atoms with Gasteiger partial charge >= 0.3 is 0 Å². The molecule has 10 aromatic rings. The van der Waals surface area contributed by atoms with Crippen molar-refractivity contribution in [1.82, 2.24) is 0 Å². The Kier molecular flexibility index (Phi) is 9.12. The average molecular weight is 818 g/mol. The minimum absolute atomic E-state index is 0.280. The van der Waals surface area contributed by atoms with Crippen LogP contribution in [0.2, 0.25) is 0 Å². The molecule has 3 heteroatoms. The van der Waals surface area contributed by atoms with Crippen LogP contribution in [-0.4, -0.2) is 11.3 Å². The zero-order chi connectivity index (χ0) is 40.3. The third-order valence-corrected chi connectivity index (χ3v) is 16.1. The summed E-state index contributed by atoms with van der Waals surface area (Å²) in [5.74, 6) is 0.869. The molecule has 0 N–H and O–H groups in total. The van der Waals surface area contributed by atoms with Gasteiger partial charge in [-0.3, -0.25) is 0 Å². The zero-order valence-electron chi connectivity index (χ0n) is 33.7. The predicted molar refractivity (Wildman–Crippen MR) is 263 cm³/mol. The quantitative estimate of drug-likeness (QED) is 0.158. The molecule has 61 heavy (non-hydrogen) atoms. The van der Waals surface area contributed by atoms with Crippen molar-refractivity contribution in [3.63, 3.8) is 0 Å². The van der Waals surface area contributed by atoms with E-state index in [-0.39, 0.29) is 6.04 Å². The molecule has 1 fully saturated rings. The molecule has 0 amide bonds. The van der Waals surface area contributed by atoms with Gasteiger partial charge < -0.3 is 4.90 Å². The van der Waals surface area contributed by atoms with Crippen molar-refractivity contribution in [2.24, 2.45) is 0 Å². The van der Waals surface area contributed by atoms with Crippen LogP contribution in [0.25, 0.3) is 64.3 Å². The summed E-state index contributed by atoms with van der Waals surface area (Å²) in [6.07, 6.45) is 2.25. The molecule has 0 bridgehead atoms. The Morgan fingerprint density at radius 2 is 1.10 bits per heavy atom. The molecule has 1 aliphatic heterocycles. The Bertz CT molecular complexity index is 3180. The van der Waals surface area contributed by atoms with Crippen LogP contribution in [0.3, 0.4) is 0 Å². The second kappa shape index (κ2) is 15.3. The summed E-state index contributed by atoms with van der Waals surface area (Å²) in [5.41, 5.74) is 13.0. The smallest absolute Gasteiger partial charge is 0.0595 e. The summed E-state index contributed by atoms with van der Waals surface area (Å²) in [4.78, 5) is 4.20. The first-order valence-corrected chi connectivity index (χ1v) is 23.2. The highest BCUT2D eigenvalue weighted by molar-refractivity contribution is 8.00. The van der Waals surface area contributed by atoms with E-state index in [2.05, 4.69) is 229 Å².